The van der Waals surface area contributed by atoms with Crippen LogP contribution in [0.1, 0.15) is 56.9 Å². The van der Waals surface area contributed by atoms with Crippen molar-refractivity contribution in [2.45, 2.75) is 64.0 Å². The van der Waals surface area contributed by atoms with Gasteiger partial charge in [-0.1, -0.05) is 18.9 Å². The number of aromatic nitrogens is 1. The predicted octanol–water partition coefficient (Wildman–Crippen LogP) is 3.06. The maximum Gasteiger partial charge on any atom is 0.224 e. The Morgan fingerprint density at radius 2 is 1.89 bits per heavy atom. The topological polar surface area (TPSA) is 48.5 Å². The number of nitrogens with zero attached hydrogens (tertiary/aromatic N) is 3. The Morgan fingerprint density at radius 3 is 2.64 bits per heavy atom. The van der Waals surface area contributed by atoms with Gasteiger partial charge in [-0.3, -0.25) is 14.7 Å². The Balaban J connectivity index is 1.21. The largest absolute Gasteiger partial charge is 0.352 e. The summed E-state index contributed by atoms with van der Waals surface area (Å²) >= 11 is 0. The zero-order chi connectivity index (χ0) is 19.2. The van der Waals surface area contributed by atoms with Crippen molar-refractivity contribution in [3.8, 4) is 0 Å². The fourth-order valence-corrected chi connectivity index (χ4v) is 5.41. The maximum absolute atomic E-state index is 12.7. The van der Waals surface area contributed by atoms with Crippen molar-refractivity contribution in [2.75, 3.05) is 32.7 Å². The van der Waals surface area contributed by atoms with Crippen LogP contribution in [-0.2, 0) is 11.3 Å². The highest BCUT2D eigenvalue weighted by atomic mass is 16.1. The molecule has 0 bridgehead atoms. The van der Waals surface area contributed by atoms with Crippen LogP contribution < -0.4 is 5.32 Å². The second-order valence-corrected chi connectivity index (χ2v) is 9.10. The second-order valence-electron chi connectivity index (χ2n) is 9.10. The van der Waals surface area contributed by atoms with Gasteiger partial charge in [0.05, 0.1) is 5.92 Å². The van der Waals surface area contributed by atoms with Crippen LogP contribution in [-0.4, -0.2) is 59.5 Å². The molecule has 5 heteroatoms. The smallest absolute Gasteiger partial charge is 0.224 e. The van der Waals surface area contributed by atoms with Crippen molar-refractivity contribution in [1.29, 1.82) is 0 Å². The fraction of sp³-hybridized carbons (Fsp3) is 0.739. The number of nitrogens with one attached hydrogen (secondary N) is 1. The summed E-state index contributed by atoms with van der Waals surface area (Å²) in [6.45, 7) is 6.51. The molecule has 0 aromatic carbocycles. The van der Waals surface area contributed by atoms with Crippen LogP contribution in [0.15, 0.2) is 24.5 Å². The van der Waals surface area contributed by atoms with E-state index >= 15 is 0 Å². The van der Waals surface area contributed by atoms with Gasteiger partial charge in [-0.05, 0) is 75.7 Å². The monoisotopic (exact) mass is 384 g/mol. The number of hydrogen-bond acceptors (Lipinski definition) is 4. The molecule has 154 valence electrons. The molecule has 0 spiro atoms. The lowest BCUT2D eigenvalue weighted by Crippen LogP contribution is -2.51. The molecule has 1 amide bonds. The van der Waals surface area contributed by atoms with Crippen LogP contribution in [0.4, 0.5) is 0 Å². The van der Waals surface area contributed by atoms with Gasteiger partial charge in [-0.15, -0.1) is 0 Å². The number of pyridine rings is 1. The van der Waals surface area contributed by atoms with E-state index in [4.69, 9.17) is 0 Å². The van der Waals surface area contributed by atoms with Crippen molar-refractivity contribution in [3.05, 3.63) is 30.1 Å². The van der Waals surface area contributed by atoms with E-state index < -0.39 is 0 Å². The van der Waals surface area contributed by atoms with E-state index in [2.05, 4.69) is 20.1 Å². The number of carbonyl (C=O) groups is 1. The highest BCUT2D eigenvalue weighted by molar-refractivity contribution is 5.78. The van der Waals surface area contributed by atoms with Gasteiger partial charge >= 0.3 is 0 Å². The maximum atomic E-state index is 12.7. The Morgan fingerprint density at radius 1 is 1.07 bits per heavy atom. The van der Waals surface area contributed by atoms with Gasteiger partial charge in [-0.25, -0.2) is 0 Å². The lowest BCUT2D eigenvalue weighted by molar-refractivity contribution is -0.127. The van der Waals surface area contributed by atoms with Gasteiger partial charge in [0.2, 0.25) is 5.91 Å². The van der Waals surface area contributed by atoms with Gasteiger partial charge in [0, 0.05) is 38.1 Å². The number of amides is 1. The quantitative estimate of drug-likeness (QED) is 0.819. The molecule has 0 radical (unpaired) electrons. The summed E-state index contributed by atoms with van der Waals surface area (Å²) in [6, 6.07) is 4.61. The first-order chi connectivity index (χ1) is 13.8. The van der Waals surface area contributed by atoms with E-state index in [0.29, 0.717) is 12.6 Å². The molecule has 1 saturated carbocycles. The molecule has 1 aromatic heterocycles. The van der Waals surface area contributed by atoms with Crippen LogP contribution in [0.3, 0.4) is 0 Å². The van der Waals surface area contributed by atoms with Crippen LogP contribution in [0, 0.1) is 11.8 Å². The Hall–Kier alpha value is -1.46. The predicted molar refractivity (Wildman–Crippen MR) is 112 cm³/mol. The first-order valence-electron chi connectivity index (χ1n) is 11.4. The molecule has 2 aliphatic heterocycles. The number of likely N-dealkylation sites (tertiary alicyclic amines) is 2. The third-order valence-corrected chi connectivity index (χ3v) is 7.08. The SMILES string of the molecule is O=C(NCc1cccnc1)C1CCCN(C2CCN(CC3CCCC3)CC2)C1. The van der Waals surface area contributed by atoms with Crippen molar-refractivity contribution in [2.24, 2.45) is 11.8 Å². The normalized spacial score (nSPS) is 25.8. The van der Waals surface area contributed by atoms with E-state index in [1.165, 1.54) is 64.7 Å². The number of piperidine rings is 2. The molecule has 1 aromatic rings. The van der Waals surface area contributed by atoms with Gasteiger partial charge in [0.25, 0.3) is 0 Å². The molecule has 3 heterocycles. The Labute approximate surface area is 169 Å². The van der Waals surface area contributed by atoms with Crippen molar-refractivity contribution in [1.82, 2.24) is 20.1 Å². The lowest BCUT2D eigenvalue weighted by atomic mass is 9.93. The molecule has 3 fully saturated rings. The summed E-state index contributed by atoms with van der Waals surface area (Å²) in [5.74, 6) is 1.31. The Bertz CT molecular complexity index is 608. The molecule has 4 rings (SSSR count). The molecular weight excluding hydrogens is 348 g/mol. The first kappa shape index (κ1) is 19.8. The summed E-state index contributed by atoms with van der Waals surface area (Å²) in [5.41, 5.74) is 1.07. The fourth-order valence-electron chi connectivity index (χ4n) is 5.41. The van der Waals surface area contributed by atoms with Crippen LogP contribution >= 0.6 is 0 Å². The first-order valence-corrected chi connectivity index (χ1v) is 11.4. The minimum atomic E-state index is 0.141. The molecule has 1 aliphatic carbocycles. The van der Waals surface area contributed by atoms with Gasteiger partial charge in [-0.2, -0.15) is 0 Å². The van der Waals surface area contributed by atoms with Crippen molar-refractivity contribution >= 4 is 5.91 Å². The van der Waals surface area contributed by atoms with E-state index in [1.54, 1.807) is 6.20 Å². The minimum Gasteiger partial charge on any atom is -0.352 e. The van der Waals surface area contributed by atoms with Crippen LogP contribution in [0.25, 0.3) is 0 Å². The van der Waals surface area contributed by atoms with Crippen LogP contribution in [0.2, 0.25) is 0 Å². The summed E-state index contributed by atoms with van der Waals surface area (Å²) < 4.78 is 0. The average Bonchev–Trinajstić information content (AvgIpc) is 3.26. The number of rotatable bonds is 6. The summed E-state index contributed by atoms with van der Waals surface area (Å²) in [7, 11) is 0. The molecular formula is C23H36N4O. The Kier molecular flexibility index (Phi) is 6.97. The molecule has 5 nitrogen and oxygen atoms in total. The second kappa shape index (κ2) is 9.84. The van der Waals surface area contributed by atoms with Crippen LogP contribution in [0.5, 0.6) is 0 Å². The molecule has 1 unspecified atom stereocenters. The lowest BCUT2D eigenvalue weighted by Gasteiger charge is -2.42. The summed E-state index contributed by atoms with van der Waals surface area (Å²) in [6.07, 6.45) is 14.1. The summed E-state index contributed by atoms with van der Waals surface area (Å²) in [4.78, 5) is 22.1. The van der Waals surface area contributed by atoms with Gasteiger partial charge in [0.1, 0.15) is 0 Å². The van der Waals surface area contributed by atoms with E-state index in [1.807, 2.05) is 18.3 Å². The molecule has 28 heavy (non-hydrogen) atoms. The highest BCUT2D eigenvalue weighted by Crippen LogP contribution is 2.28. The molecule has 1 atom stereocenters. The van der Waals surface area contributed by atoms with E-state index in [-0.39, 0.29) is 11.8 Å². The molecule has 2 saturated heterocycles. The number of hydrogen-bond donors (Lipinski definition) is 1. The third kappa shape index (κ3) is 5.32. The standard InChI is InChI=1S/C23H36N4O/c28-23(25-16-20-7-3-11-24-15-20)21-8-4-12-27(18-21)22-9-13-26(14-10-22)17-19-5-1-2-6-19/h3,7,11,15,19,21-22H,1-2,4-6,8-10,12-14,16-18H2,(H,25,28). The zero-order valence-corrected chi connectivity index (χ0v) is 17.2. The summed E-state index contributed by atoms with van der Waals surface area (Å²) in [5, 5.41) is 3.13. The van der Waals surface area contributed by atoms with Gasteiger partial charge in [0.15, 0.2) is 0 Å². The highest BCUT2D eigenvalue weighted by Gasteiger charge is 2.32. The van der Waals surface area contributed by atoms with E-state index in [0.717, 1.165) is 30.9 Å². The third-order valence-electron chi connectivity index (χ3n) is 7.08. The minimum absolute atomic E-state index is 0.141. The average molecular weight is 385 g/mol. The molecule has 3 aliphatic rings. The molecule has 1 N–H and O–H groups in total. The van der Waals surface area contributed by atoms with Gasteiger partial charge < -0.3 is 10.2 Å². The van der Waals surface area contributed by atoms with Crippen molar-refractivity contribution in [3.63, 3.8) is 0 Å². The van der Waals surface area contributed by atoms with Crippen molar-refractivity contribution < 1.29 is 4.79 Å². The number of carbonyl (C=O) groups excluding carboxylic acids is 1. The van der Waals surface area contributed by atoms with E-state index in [9.17, 15) is 4.79 Å². The zero-order valence-electron chi connectivity index (χ0n) is 17.2.